The van der Waals surface area contributed by atoms with Crippen LogP contribution in [0.15, 0.2) is 12.4 Å². The fraction of sp³-hybridized carbons (Fsp3) is 0.250. The molecule has 0 unspecified atom stereocenters. The zero-order valence-corrected chi connectivity index (χ0v) is 11.1. The van der Waals surface area contributed by atoms with E-state index in [1.807, 2.05) is 6.92 Å². The lowest BCUT2D eigenvalue weighted by Gasteiger charge is -2.05. The molecule has 0 saturated carbocycles. The molecule has 0 aromatic carbocycles. The Kier molecular flexibility index (Phi) is 3.68. The maximum absolute atomic E-state index is 5.28. The second-order valence-electron chi connectivity index (χ2n) is 2.92. The summed E-state index contributed by atoms with van der Waals surface area (Å²) < 4.78 is 7.71. The third-order valence-corrected chi connectivity index (χ3v) is 2.32. The molecule has 0 radical (unpaired) electrons. The van der Waals surface area contributed by atoms with E-state index in [9.17, 15) is 0 Å². The van der Waals surface area contributed by atoms with Crippen LogP contribution in [0.4, 0.5) is 5.95 Å². The second-order valence-corrected chi connectivity index (χ2v) is 4.17. The number of nitrogens with one attached hydrogen (secondary N) is 1. The minimum absolute atomic E-state index is 0.205. The van der Waals surface area contributed by atoms with Gasteiger partial charge in [-0.05, 0) is 29.5 Å². The van der Waals surface area contributed by atoms with Gasteiger partial charge in [0, 0.05) is 6.20 Å². The highest BCUT2D eigenvalue weighted by atomic mass is 127. The topological polar surface area (TPSA) is 104 Å². The number of hydrogen-bond acceptors (Lipinski definition) is 7. The van der Waals surface area contributed by atoms with Crippen molar-refractivity contribution in [3.8, 4) is 12.0 Å². The number of rotatable bonds is 4. The van der Waals surface area contributed by atoms with Crippen molar-refractivity contribution in [2.75, 3.05) is 12.0 Å². The van der Waals surface area contributed by atoms with Gasteiger partial charge in [0.05, 0.1) is 16.4 Å². The summed E-state index contributed by atoms with van der Waals surface area (Å²) in [6.45, 7) is 2.31. The van der Waals surface area contributed by atoms with Crippen molar-refractivity contribution in [1.29, 1.82) is 0 Å². The Hall–Kier alpha value is -1.49. The van der Waals surface area contributed by atoms with Crippen LogP contribution in [0.1, 0.15) is 6.92 Å². The fourth-order valence-electron chi connectivity index (χ4n) is 1.12. The monoisotopic (exact) mass is 347 g/mol. The Morgan fingerprint density at radius 1 is 1.47 bits per heavy atom. The van der Waals surface area contributed by atoms with Crippen molar-refractivity contribution < 1.29 is 4.74 Å². The van der Waals surface area contributed by atoms with Crippen LogP contribution in [0.25, 0.3) is 5.95 Å². The van der Waals surface area contributed by atoms with Crippen molar-refractivity contribution in [2.45, 2.75) is 6.92 Å². The fourth-order valence-corrected chi connectivity index (χ4v) is 1.51. The third-order valence-electron chi connectivity index (χ3n) is 1.76. The van der Waals surface area contributed by atoms with Crippen molar-refractivity contribution in [1.82, 2.24) is 24.7 Å². The number of anilines is 1. The molecule has 8 nitrogen and oxygen atoms in total. The summed E-state index contributed by atoms with van der Waals surface area (Å²) in [4.78, 5) is 12.1. The van der Waals surface area contributed by atoms with Gasteiger partial charge in [-0.3, -0.25) is 5.43 Å². The molecule has 90 valence electrons. The maximum Gasteiger partial charge on any atom is 0.323 e. The van der Waals surface area contributed by atoms with Crippen molar-refractivity contribution in [3.05, 3.63) is 16.0 Å². The van der Waals surface area contributed by atoms with Crippen LogP contribution in [-0.4, -0.2) is 31.3 Å². The standard InChI is InChI=1S/C8H10IN7O/c1-2-17-8-13-6(15-10)12-7(14-8)16-4-5(9)3-11-16/h3-4H,2,10H2,1H3,(H,12,13,14,15). The van der Waals surface area contributed by atoms with Gasteiger partial charge >= 0.3 is 6.01 Å². The van der Waals surface area contributed by atoms with Crippen molar-refractivity contribution in [3.63, 3.8) is 0 Å². The molecule has 0 aliphatic heterocycles. The molecule has 2 rings (SSSR count). The van der Waals surface area contributed by atoms with Gasteiger partial charge in [0.25, 0.3) is 5.95 Å². The Morgan fingerprint density at radius 3 is 2.88 bits per heavy atom. The molecule has 3 N–H and O–H groups in total. The normalized spacial score (nSPS) is 10.3. The van der Waals surface area contributed by atoms with E-state index >= 15 is 0 Å². The molecule has 2 aromatic heterocycles. The van der Waals surface area contributed by atoms with Gasteiger partial charge < -0.3 is 4.74 Å². The molecule has 0 amide bonds. The second kappa shape index (κ2) is 5.23. The molecule has 9 heteroatoms. The number of hydrazine groups is 1. The SMILES string of the molecule is CCOc1nc(NN)nc(-n2cc(I)cn2)n1. The van der Waals surface area contributed by atoms with E-state index < -0.39 is 0 Å². The van der Waals surface area contributed by atoms with Gasteiger partial charge in [0.15, 0.2) is 0 Å². The first kappa shape index (κ1) is 12.0. The highest BCUT2D eigenvalue weighted by Crippen LogP contribution is 2.11. The van der Waals surface area contributed by atoms with Crippen LogP contribution in [0, 0.1) is 3.57 Å². The predicted molar refractivity (Wildman–Crippen MR) is 68.6 cm³/mol. The van der Waals surface area contributed by atoms with Gasteiger partial charge in [-0.15, -0.1) is 0 Å². The van der Waals surface area contributed by atoms with Crippen LogP contribution in [-0.2, 0) is 0 Å². The smallest absolute Gasteiger partial charge is 0.323 e. The van der Waals surface area contributed by atoms with Crippen molar-refractivity contribution in [2.24, 2.45) is 5.84 Å². The largest absolute Gasteiger partial charge is 0.464 e. The van der Waals surface area contributed by atoms with E-state index in [1.165, 1.54) is 4.68 Å². The summed E-state index contributed by atoms with van der Waals surface area (Å²) in [5, 5.41) is 4.09. The first-order valence-electron chi connectivity index (χ1n) is 4.79. The Balaban J connectivity index is 2.42. The van der Waals surface area contributed by atoms with Crippen molar-refractivity contribution >= 4 is 28.5 Å². The molecule has 0 aliphatic carbocycles. The minimum Gasteiger partial charge on any atom is -0.464 e. The maximum atomic E-state index is 5.28. The van der Waals surface area contributed by atoms with E-state index in [-0.39, 0.29) is 12.0 Å². The summed E-state index contributed by atoms with van der Waals surface area (Å²) >= 11 is 2.14. The van der Waals surface area contributed by atoms with Gasteiger partial charge in [0.1, 0.15) is 0 Å². The summed E-state index contributed by atoms with van der Waals surface area (Å²) in [5.41, 5.74) is 2.36. The number of ether oxygens (including phenoxy) is 1. The average molecular weight is 347 g/mol. The lowest BCUT2D eigenvalue weighted by atomic mass is 10.7. The quantitative estimate of drug-likeness (QED) is 0.467. The van der Waals surface area contributed by atoms with Crippen LogP contribution < -0.4 is 16.0 Å². The van der Waals surface area contributed by atoms with E-state index in [1.54, 1.807) is 12.4 Å². The summed E-state index contributed by atoms with van der Waals surface area (Å²) in [7, 11) is 0. The number of nitrogen functional groups attached to an aromatic ring is 1. The summed E-state index contributed by atoms with van der Waals surface area (Å²) in [6, 6.07) is 0.205. The lowest BCUT2D eigenvalue weighted by molar-refractivity contribution is 0.311. The first-order chi connectivity index (χ1) is 8.22. The number of halogens is 1. The molecule has 0 saturated heterocycles. The highest BCUT2D eigenvalue weighted by Gasteiger charge is 2.09. The zero-order valence-electron chi connectivity index (χ0n) is 8.96. The third kappa shape index (κ3) is 2.79. The number of hydrogen-bond donors (Lipinski definition) is 2. The van der Waals surface area contributed by atoms with E-state index in [4.69, 9.17) is 10.6 Å². The molecule has 2 heterocycles. The Bertz CT molecular complexity index is 514. The van der Waals surface area contributed by atoms with E-state index in [0.717, 1.165) is 3.57 Å². The summed E-state index contributed by atoms with van der Waals surface area (Å²) in [5.74, 6) is 5.85. The Morgan fingerprint density at radius 2 is 2.29 bits per heavy atom. The number of nitrogens with zero attached hydrogens (tertiary/aromatic N) is 5. The molecule has 0 fully saturated rings. The van der Waals surface area contributed by atoms with Gasteiger partial charge in [-0.2, -0.15) is 20.1 Å². The van der Waals surface area contributed by atoms with Gasteiger partial charge in [-0.1, -0.05) is 0 Å². The minimum atomic E-state index is 0.205. The Labute approximate surface area is 111 Å². The molecule has 2 aromatic rings. The van der Waals surface area contributed by atoms with Gasteiger partial charge in [-0.25, -0.2) is 10.5 Å². The van der Waals surface area contributed by atoms with Crippen LogP contribution >= 0.6 is 22.6 Å². The number of aromatic nitrogens is 5. The molecule has 0 bridgehead atoms. The highest BCUT2D eigenvalue weighted by molar-refractivity contribution is 14.1. The molecule has 0 atom stereocenters. The van der Waals surface area contributed by atoms with Gasteiger partial charge in [0.2, 0.25) is 5.95 Å². The molecule has 0 aliphatic rings. The predicted octanol–water partition coefficient (Wildman–Crippen LogP) is 0.346. The van der Waals surface area contributed by atoms with Crippen LogP contribution in [0.5, 0.6) is 6.01 Å². The lowest BCUT2D eigenvalue weighted by Crippen LogP contribution is -2.14. The zero-order chi connectivity index (χ0) is 12.3. The van der Waals surface area contributed by atoms with Crippen LogP contribution in [0.2, 0.25) is 0 Å². The van der Waals surface area contributed by atoms with E-state index in [0.29, 0.717) is 12.6 Å². The van der Waals surface area contributed by atoms with Crippen LogP contribution in [0.3, 0.4) is 0 Å². The average Bonchev–Trinajstić information content (AvgIpc) is 2.76. The van der Waals surface area contributed by atoms with E-state index in [2.05, 4.69) is 48.1 Å². The molecular formula is C8H10IN7O. The first-order valence-corrected chi connectivity index (χ1v) is 5.87. The summed E-state index contributed by atoms with van der Waals surface area (Å²) in [6.07, 6.45) is 3.48. The molecule has 0 spiro atoms. The number of nitrogens with two attached hydrogens (primary N) is 1. The molecular weight excluding hydrogens is 337 g/mol. The molecule has 17 heavy (non-hydrogen) atoms.